The number of hydrogen-bond donors (Lipinski definition) is 2. The van der Waals surface area contributed by atoms with E-state index in [-0.39, 0.29) is 31.1 Å². The average molecular weight is 461 g/mol. The smallest absolute Gasteiger partial charge is 0.410 e. The molecule has 180 valence electrons. The summed E-state index contributed by atoms with van der Waals surface area (Å²) in [6.07, 6.45) is -1.00. The van der Waals surface area contributed by atoms with Crippen LogP contribution in [0.25, 0.3) is 0 Å². The predicted octanol–water partition coefficient (Wildman–Crippen LogP) is 1.54. The van der Waals surface area contributed by atoms with Crippen LogP contribution in [0.2, 0.25) is 0 Å². The minimum atomic E-state index is -1.20. The number of amides is 4. The Balaban J connectivity index is 2.24. The van der Waals surface area contributed by atoms with Gasteiger partial charge in [0.2, 0.25) is 17.7 Å². The molecule has 1 saturated heterocycles. The summed E-state index contributed by atoms with van der Waals surface area (Å²) in [7, 11) is 1.36. The zero-order valence-corrected chi connectivity index (χ0v) is 19.7. The van der Waals surface area contributed by atoms with Gasteiger partial charge in [0, 0.05) is 25.7 Å². The van der Waals surface area contributed by atoms with Crippen molar-refractivity contribution in [1.29, 1.82) is 0 Å². The number of ether oxygens (including phenoxy) is 1. The summed E-state index contributed by atoms with van der Waals surface area (Å²) in [5.74, 6) is -2.77. The number of carbonyl (C=O) groups excluding carboxylic acids is 5. The van der Waals surface area contributed by atoms with E-state index < -0.39 is 41.5 Å². The Morgan fingerprint density at radius 2 is 1.79 bits per heavy atom. The van der Waals surface area contributed by atoms with E-state index in [1.54, 1.807) is 45.0 Å². The molecular weight excluding hydrogens is 428 g/mol. The second kappa shape index (κ2) is 10.5. The molecule has 0 saturated carbocycles. The lowest BCUT2D eigenvalue weighted by Gasteiger charge is -2.33. The molecule has 0 radical (unpaired) electrons. The molecule has 1 aromatic rings. The van der Waals surface area contributed by atoms with Gasteiger partial charge in [0.05, 0.1) is 5.92 Å². The highest BCUT2D eigenvalue weighted by Gasteiger charge is 2.45. The number of para-hydroxylation sites is 1. The summed E-state index contributed by atoms with van der Waals surface area (Å²) in [5.41, 5.74) is 5.30. The third-order valence-corrected chi connectivity index (χ3v) is 5.24. The van der Waals surface area contributed by atoms with Crippen LogP contribution in [0.1, 0.15) is 40.5 Å². The molecule has 2 rings (SSSR count). The molecule has 1 aliphatic heterocycles. The molecule has 1 aliphatic rings. The molecule has 1 heterocycles. The summed E-state index contributed by atoms with van der Waals surface area (Å²) in [4.78, 5) is 64.9. The van der Waals surface area contributed by atoms with E-state index >= 15 is 0 Å². The number of nitrogens with two attached hydrogens (primary N) is 1. The topological polar surface area (TPSA) is 139 Å². The van der Waals surface area contributed by atoms with Crippen LogP contribution in [0.4, 0.5) is 10.5 Å². The number of nitrogens with one attached hydrogen (secondary N) is 1. The first kappa shape index (κ1) is 25.8. The second-order valence-electron chi connectivity index (χ2n) is 9.21. The second-order valence-corrected chi connectivity index (χ2v) is 9.21. The molecule has 3 atom stereocenters. The number of Topliss-reactive ketones (excluding diaryl/α,β-unsaturated/α-hetero) is 1. The minimum absolute atomic E-state index is 0.0443. The molecule has 2 unspecified atom stereocenters. The van der Waals surface area contributed by atoms with E-state index in [0.29, 0.717) is 5.69 Å². The van der Waals surface area contributed by atoms with Gasteiger partial charge in [-0.25, -0.2) is 4.79 Å². The van der Waals surface area contributed by atoms with Crippen LogP contribution in [0.5, 0.6) is 0 Å². The summed E-state index contributed by atoms with van der Waals surface area (Å²) in [6, 6.07) is 6.56. The number of rotatable bonds is 7. The van der Waals surface area contributed by atoms with Gasteiger partial charge in [0.15, 0.2) is 0 Å². The summed E-state index contributed by atoms with van der Waals surface area (Å²) in [5, 5.41) is 2.76. The molecular formula is C23H32N4O6. The first-order chi connectivity index (χ1) is 15.3. The van der Waals surface area contributed by atoms with Gasteiger partial charge in [-0.3, -0.25) is 24.1 Å². The number of nitrogens with zero attached hydrogens (tertiary/aromatic N) is 2. The lowest BCUT2D eigenvalue weighted by Crippen LogP contribution is -2.54. The number of likely N-dealkylation sites (tertiary alicyclic amines) is 1. The van der Waals surface area contributed by atoms with Gasteiger partial charge in [-0.2, -0.15) is 0 Å². The van der Waals surface area contributed by atoms with Gasteiger partial charge in [-0.05, 0) is 46.2 Å². The van der Waals surface area contributed by atoms with Crippen LogP contribution in [0.3, 0.4) is 0 Å². The number of ketones is 1. The fourth-order valence-electron chi connectivity index (χ4n) is 3.62. The lowest BCUT2D eigenvalue weighted by molar-refractivity contribution is -0.142. The van der Waals surface area contributed by atoms with Gasteiger partial charge >= 0.3 is 6.09 Å². The van der Waals surface area contributed by atoms with E-state index in [1.807, 2.05) is 6.07 Å². The largest absolute Gasteiger partial charge is 0.444 e. The Labute approximate surface area is 193 Å². The van der Waals surface area contributed by atoms with Gasteiger partial charge < -0.3 is 20.7 Å². The number of carbonyl (C=O) groups is 5. The summed E-state index contributed by atoms with van der Waals surface area (Å²) in [6.45, 7) is 6.27. The molecule has 4 amide bonds. The zero-order chi connectivity index (χ0) is 24.9. The lowest BCUT2D eigenvalue weighted by atomic mass is 10.0. The van der Waals surface area contributed by atoms with E-state index in [4.69, 9.17) is 10.5 Å². The van der Waals surface area contributed by atoms with Crippen LogP contribution >= 0.6 is 0 Å². The average Bonchev–Trinajstić information content (AvgIpc) is 3.16. The SMILES string of the molecule is CC(=O)C[C@@H](C(=O)N1CC(C(=O)Nc2ccccc2)CC1C(N)=O)N(C)C(=O)OC(C)(C)C. The highest BCUT2D eigenvalue weighted by atomic mass is 16.6. The third-order valence-electron chi connectivity index (χ3n) is 5.24. The molecule has 1 aromatic carbocycles. The Kier molecular flexibility index (Phi) is 8.18. The number of anilines is 1. The number of hydrogen-bond acceptors (Lipinski definition) is 6. The Morgan fingerprint density at radius 1 is 1.18 bits per heavy atom. The number of primary amides is 1. The molecule has 10 nitrogen and oxygen atoms in total. The maximum Gasteiger partial charge on any atom is 0.410 e. The first-order valence-corrected chi connectivity index (χ1v) is 10.7. The van der Waals surface area contributed by atoms with E-state index in [2.05, 4.69) is 5.32 Å². The molecule has 0 spiro atoms. The Morgan fingerprint density at radius 3 is 2.30 bits per heavy atom. The maximum absolute atomic E-state index is 13.4. The van der Waals surface area contributed by atoms with Gasteiger partial charge in [0.1, 0.15) is 23.5 Å². The molecule has 0 bridgehead atoms. The number of benzene rings is 1. The maximum atomic E-state index is 13.4. The van der Waals surface area contributed by atoms with Gasteiger partial charge in [0.25, 0.3) is 0 Å². The normalized spacial score (nSPS) is 18.9. The molecule has 3 N–H and O–H groups in total. The Hall–Kier alpha value is -3.43. The molecule has 10 heteroatoms. The van der Waals surface area contributed by atoms with E-state index in [0.717, 1.165) is 4.90 Å². The van der Waals surface area contributed by atoms with Crippen LogP contribution < -0.4 is 11.1 Å². The molecule has 33 heavy (non-hydrogen) atoms. The molecule has 0 aliphatic carbocycles. The van der Waals surface area contributed by atoms with Crippen LogP contribution in [-0.4, -0.2) is 70.7 Å². The molecule has 1 fully saturated rings. The van der Waals surface area contributed by atoms with Crippen LogP contribution in [-0.2, 0) is 23.9 Å². The van der Waals surface area contributed by atoms with Crippen LogP contribution in [0.15, 0.2) is 30.3 Å². The zero-order valence-electron chi connectivity index (χ0n) is 19.7. The highest BCUT2D eigenvalue weighted by Crippen LogP contribution is 2.27. The van der Waals surface area contributed by atoms with Crippen LogP contribution in [0, 0.1) is 5.92 Å². The number of likely N-dealkylation sites (N-methyl/N-ethyl adjacent to an activating group) is 1. The van der Waals surface area contributed by atoms with Gasteiger partial charge in [-0.15, -0.1) is 0 Å². The fourth-order valence-corrected chi connectivity index (χ4v) is 3.62. The van der Waals surface area contributed by atoms with Crippen molar-refractivity contribution in [3.63, 3.8) is 0 Å². The van der Waals surface area contributed by atoms with Crippen molar-refractivity contribution in [1.82, 2.24) is 9.80 Å². The van der Waals surface area contributed by atoms with Crippen molar-refractivity contribution in [2.24, 2.45) is 11.7 Å². The molecule has 0 aromatic heterocycles. The summed E-state index contributed by atoms with van der Waals surface area (Å²) >= 11 is 0. The van der Waals surface area contributed by atoms with Crippen molar-refractivity contribution in [2.45, 2.75) is 58.2 Å². The van der Waals surface area contributed by atoms with Crippen molar-refractivity contribution >= 4 is 35.3 Å². The summed E-state index contributed by atoms with van der Waals surface area (Å²) < 4.78 is 5.32. The van der Waals surface area contributed by atoms with Crippen molar-refractivity contribution < 1.29 is 28.7 Å². The van der Waals surface area contributed by atoms with E-state index in [1.165, 1.54) is 18.9 Å². The fraction of sp³-hybridized carbons (Fsp3) is 0.522. The quantitative estimate of drug-likeness (QED) is 0.633. The highest BCUT2D eigenvalue weighted by molar-refractivity contribution is 5.97. The standard InChI is InChI=1S/C23H32N4O6/c1-14(28)11-18(26(5)22(32)33-23(2,3)4)21(31)27-13-15(12-17(27)19(24)29)20(30)25-16-9-7-6-8-10-16/h6-10,15,17-18H,11-13H2,1-5H3,(H2,24,29)(H,25,30)/t15?,17?,18-/m0/s1. The van der Waals surface area contributed by atoms with Crippen molar-refractivity contribution in [3.8, 4) is 0 Å². The minimum Gasteiger partial charge on any atom is -0.444 e. The van der Waals surface area contributed by atoms with E-state index in [9.17, 15) is 24.0 Å². The van der Waals surface area contributed by atoms with Crippen molar-refractivity contribution in [3.05, 3.63) is 30.3 Å². The van der Waals surface area contributed by atoms with Crippen molar-refractivity contribution in [2.75, 3.05) is 18.9 Å². The predicted molar refractivity (Wildman–Crippen MR) is 121 cm³/mol. The van der Waals surface area contributed by atoms with Gasteiger partial charge in [-0.1, -0.05) is 18.2 Å². The third kappa shape index (κ3) is 7.03. The monoisotopic (exact) mass is 460 g/mol. The Bertz CT molecular complexity index is 911. The first-order valence-electron chi connectivity index (χ1n) is 10.7.